The second-order valence-corrected chi connectivity index (χ2v) is 6.87. The number of likely N-dealkylation sites (N-methyl/N-ethyl adjacent to an activating group) is 1. The maximum atomic E-state index is 6.79. The summed E-state index contributed by atoms with van der Waals surface area (Å²) in [6.45, 7) is 2.11. The lowest BCUT2D eigenvalue weighted by atomic mass is 9.55. The predicted molar refractivity (Wildman–Crippen MR) is 111 cm³/mol. The van der Waals surface area contributed by atoms with Gasteiger partial charge in [0, 0.05) is 6.04 Å². The molecule has 2 nitrogen and oxygen atoms in total. The molecule has 0 bridgehead atoms. The van der Waals surface area contributed by atoms with E-state index < -0.39 is 0 Å². The Labute approximate surface area is 157 Å². The molecule has 2 unspecified atom stereocenters. The van der Waals surface area contributed by atoms with Crippen molar-refractivity contribution in [2.24, 2.45) is 0 Å². The number of hydrogen-bond donors (Lipinski definition) is 0. The van der Waals surface area contributed by atoms with Crippen molar-refractivity contribution in [1.29, 1.82) is 0 Å². The van der Waals surface area contributed by atoms with E-state index in [0.29, 0.717) is 0 Å². The molecule has 3 aromatic carbocycles. The third kappa shape index (κ3) is 4.43. The number of hydrogen-bond acceptors (Lipinski definition) is 2. The molecule has 3 aromatic rings. The molecule has 0 spiro atoms. The monoisotopic (exact) mass is 343 g/mol. The van der Waals surface area contributed by atoms with Crippen molar-refractivity contribution >= 4 is 17.8 Å². The zero-order valence-electron chi connectivity index (χ0n) is 15.7. The van der Waals surface area contributed by atoms with Gasteiger partial charge in [0.25, 0.3) is 0 Å². The van der Waals surface area contributed by atoms with Gasteiger partial charge in [0.05, 0.1) is 6.10 Å². The smallest absolute Gasteiger partial charge is 0.362 e. The Morgan fingerprint density at radius 3 is 1.54 bits per heavy atom. The predicted octanol–water partition coefficient (Wildman–Crippen LogP) is 3.50. The molecule has 0 fully saturated rings. The van der Waals surface area contributed by atoms with Gasteiger partial charge in [-0.15, -0.1) is 0 Å². The van der Waals surface area contributed by atoms with E-state index in [2.05, 4.69) is 98.7 Å². The maximum absolute atomic E-state index is 6.79. The second kappa shape index (κ2) is 8.84. The molecule has 132 valence electrons. The van der Waals surface area contributed by atoms with Gasteiger partial charge in [-0.05, 0) is 37.5 Å². The van der Waals surface area contributed by atoms with Crippen LogP contribution in [0.25, 0.3) is 0 Å². The lowest BCUT2D eigenvalue weighted by Gasteiger charge is -2.32. The summed E-state index contributed by atoms with van der Waals surface area (Å²) in [6, 6.07) is 31.7. The van der Waals surface area contributed by atoms with Gasteiger partial charge in [-0.3, -0.25) is 0 Å². The molecule has 26 heavy (non-hydrogen) atoms. The van der Waals surface area contributed by atoms with Gasteiger partial charge in [-0.1, -0.05) is 91.0 Å². The Kier molecular flexibility index (Phi) is 6.27. The normalized spacial score (nSPS) is 13.4. The van der Waals surface area contributed by atoms with E-state index in [4.69, 9.17) is 4.65 Å². The van der Waals surface area contributed by atoms with Gasteiger partial charge in [-0.2, -0.15) is 0 Å². The molecule has 0 saturated heterocycles. The SMILES string of the molecule is CC(C(OB(c1ccccc1)c1ccccc1)c1ccccc1)N(C)C. The molecule has 0 radical (unpaired) electrons. The first-order valence-electron chi connectivity index (χ1n) is 9.13. The van der Waals surface area contributed by atoms with Crippen molar-refractivity contribution in [3.05, 3.63) is 96.6 Å². The zero-order chi connectivity index (χ0) is 18.4. The molecular weight excluding hydrogens is 317 g/mol. The molecule has 0 heterocycles. The van der Waals surface area contributed by atoms with Crippen LogP contribution < -0.4 is 10.9 Å². The third-order valence-corrected chi connectivity index (χ3v) is 4.87. The minimum absolute atomic E-state index is 0.0309. The van der Waals surface area contributed by atoms with Crippen molar-refractivity contribution in [3.63, 3.8) is 0 Å². The minimum atomic E-state index is -0.106. The Balaban J connectivity index is 1.99. The molecular formula is C23H26BNO. The van der Waals surface area contributed by atoms with Crippen LogP contribution in [0.4, 0.5) is 0 Å². The Morgan fingerprint density at radius 1 is 0.692 bits per heavy atom. The highest BCUT2D eigenvalue weighted by atomic mass is 16.4. The average molecular weight is 343 g/mol. The summed E-state index contributed by atoms with van der Waals surface area (Å²) in [7, 11) is 4.20. The van der Waals surface area contributed by atoms with Crippen LogP contribution in [0.5, 0.6) is 0 Å². The molecule has 2 atom stereocenters. The largest absolute Gasteiger partial charge is 0.418 e. The van der Waals surface area contributed by atoms with Gasteiger partial charge < -0.3 is 9.55 Å². The van der Waals surface area contributed by atoms with Crippen LogP contribution in [0.2, 0.25) is 0 Å². The lowest BCUT2D eigenvalue weighted by Crippen LogP contribution is -2.48. The van der Waals surface area contributed by atoms with Crippen molar-refractivity contribution in [3.8, 4) is 0 Å². The highest BCUT2D eigenvalue weighted by Crippen LogP contribution is 2.24. The molecule has 0 aliphatic rings. The fraction of sp³-hybridized carbons (Fsp3) is 0.217. The fourth-order valence-corrected chi connectivity index (χ4v) is 3.14. The minimum Gasteiger partial charge on any atom is -0.418 e. The average Bonchev–Trinajstić information content (AvgIpc) is 2.70. The van der Waals surface area contributed by atoms with Gasteiger partial charge in [0.1, 0.15) is 0 Å². The number of rotatable bonds is 7. The van der Waals surface area contributed by atoms with E-state index >= 15 is 0 Å². The van der Waals surface area contributed by atoms with E-state index in [-0.39, 0.29) is 19.1 Å². The molecule has 3 rings (SSSR count). The molecule has 0 N–H and O–H groups in total. The molecule has 0 aromatic heterocycles. The standard InChI is InChI=1S/C23H26BNO/c1-19(25(2)3)23(20-13-7-4-8-14-20)26-24(21-15-9-5-10-16-21)22-17-11-6-12-18-22/h4-19,23H,1-3H3. The topological polar surface area (TPSA) is 12.5 Å². The first kappa shape index (κ1) is 18.4. The third-order valence-electron chi connectivity index (χ3n) is 4.87. The molecule has 0 aliphatic carbocycles. The lowest BCUT2D eigenvalue weighted by molar-refractivity contribution is 0.110. The quantitative estimate of drug-likeness (QED) is 0.609. The Bertz CT molecular complexity index is 738. The van der Waals surface area contributed by atoms with Crippen LogP contribution >= 0.6 is 0 Å². The highest BCUT2D eigenvalue weighted by molar-refractivity contribution is 6.80. The highest BCUT2D eigenvalue weighted by Gasteiger charge is 2.30. The summed E-state index contributed by atoms with van der Waals surface area (Å²) in [5, 5.41) is 0. The summed E-state index contributed by atoms with van der Waals surface area (Å²) in [4.78, 5) is 2.21. The first-order chi connectivity index (χ1) is 12.7. The van der Waals surface area contributed by atoms with Gasteiger partial charge in [0.2, 0.25) is 0 Å². The summed E-state index contributed by atoms with van der Waals surface area (Å²) < 4.78 is 6.79. The van der Waals surface area contributed by atoms with Crippen LogP contribution in [-0.2, 0) is 4.65 Å². The number of benzene rings is 3. The van der Waals surface area contributed by atoms with E-state index in [1.165, 1.54) is 16.5 Å². The molecule has 3 heteroatoms. The number of nitrogens with zero attached hydrogens (tertiary/aromatic N) is 1. The van der Waals surface area contributed by atoms with Crippen LogP contribution in [0.3, 0.4) is 0 Å². The maximum Gasteiger partial charge on any atom is 0.362 e. The molecule has 0 aliphatic heterocycles. The first-order valence-corrected chi connectivity index (χ1v) is 9.13. The summed E-state index contributed by atoms with van der Waals surface area (Å²) >= 11 is 0. The zero-order valence-corrected chi connectivity index (χ0v) is 15.7. The van der Waals surface area contributed by atoms with Crippen LogP contribution in [0.1, 0.15) is 18.6 Å². The Hall–Kier alpha value is -2.36. The van der Waals surface area contributed by atoms with Gasteiger partial charge in [-0.25, -0.2) is 0 Å². The van der Waals surface area contributed by atoms with Gasteiger partial charge in [0.15, 0.2) is 0 Å². The summed E-state index contributed by atoms with van der Waals surface area (Å²) in [6.07, 6.45) is -0.0309. The molecule has 0 amide bonds. The van der Waals surface area contributed by atoms with Crippen molar-refractivity contribution in [1.82, 2.24) is 4.90 Å². The van der Waals surface area contributed by atoms with Crippen molar-refractivity contribution in [2.45, 2.75) is 19.1 Å². The summed E-state index contributed by atoms with van der Waals surface area (Å²) in [5.74, 6) is 0. The van der Waals surface area contributed by atoms with E-state index in [9.17, 15) is 0 Å². The van der Waals surface area contributed by atoms with E-state index in [1.54, 1.807) is 0 Å². The van der Waals surface area contributed by atoms with Crippen LogP contribution in [-0.4, -0.2) is 32.0 Å². The van der Waals surface area contributed by atoms with E-state index in [0.717, 1.165) is 0 Å². The summed E-state index contributed by atoms with van der Waals surface area (Å²) in [5.41, 5.74) is 3.54. The Morgan fingerprint density at radius 2 is 1.12 bits per heavy atom. The fourth-order valence-electron chi connectivity index (χ4n) is 3.14. The van der Waals surface area contributed by atoms with Crippen LogP contribution in [0, 0.1) is 0 Å². The van der Waals surface area contributed by atoms with Crippen molar-refractivity contribution < 1.29 is 4.65 Å². The van der Waals surface area contributed by atoms with E-state index in [1.807, 2.05) is 18.2 Å². The van der Waals surface area contributed by atoms with Crippen LogP contribution in [0.15, 0.2) is 91.0 Å². The van der Waals surface area contributed by atoms with Gasteiger partial charge >= 0.3 is 6.92 Å². The molecule has 0 saturated carbocycles. The second-order valence-electron chi connectivity index (χ2n) is 6.87. The van der Waals surface area contributed by atoms with Crippen molar-refractivity contribution in [2.75, 3.05) is 14.1 Å².